The summed E-state index contributed by atoms with van der Waals surface area (Å²) in [5, 5.41) is 2.32. The van der Waals surface area contributed by atoms with E-state index in [0.717, 1.165) is 0 Å². The van der Waals surface area contributed by atoms with Gasteiger partial charge in [0, 0.05) is 13.6 Å². The number of carbonyl (C=O) groups is 1. The average Bonchev–Trinajstić information content (AvgIpc) is 2.44. The molecule has 1 fully saturated rings. The Morgan fingerprint density at radius 1 is 1.55 bits per heavy atom. The van der Waals surface area contributed by atoms with Gasteiger partial charge in [0.15, 0.2) is 5.82 Å². The van der Waals surface area contributed by atoms with Gasteiger partial charge in [-0.1, -0.05) is 11.6 Å². The number of amides is 1. The lowest BCUT2D eigenvalue weighted by Crippen LogP contribution is -2.53. The molecule has 0 saturated carbocycles. The molecule has 1 heterocycles. The fraction of sp³-hybridized carbons (Fsp3) is 0.417. The van der Waals surface area contributed by atoms with Crippen molar-refractivity contribution >= 4 is 34.6 Å². The van der Waals surface area contributed by atoms with Gasteiger partial charge in [-0.15, -0.1) is 0 Å². The zero-order chi connectivity index (χ0) is 14.9. The van der Waals surface area contributed by atoms with Crippen LogP contribution in [0.15, 0.2) is 6.07 Å². The second-order valence-electron chi connectivity index (χ2n) is 4.43. The van der Waals surface area contributed by atoms with Crippen molar-refractivity contribution in [2.45, 2.75) is 6.04 Å². The van der Waals surface area contributed by atoms with Gasteiger partial charge in [-0.05, 0) is 6.07 Å². The predicted molar refractivity (Wildman–Crippen MR) is 76.3 cm³/mol. The average molecular weight is 303 g/mol. The summed E-state index contributed by atoms with van der Waals surface area (Å²) in [7, 11) is 1.50. The Morgan fingerprint density at radius 2 is 2.25 bits per heavy atom. The van der Waals surface area contributed by atoms with E-state index in [1.165, 1.54) is 13.1 Å². The fourth-order valence-electron chi connectivity index (χ4n) is 2.20. The zero-order valence-corrected chi connectivity index (χ0v) is 11.7. The van der Waals surface area contributed by atoms with Gasteiger partial charge >= 0.3 is 0 Å². The molecule has 0 aromatic heterocycles. The molecule has 1 saturated heterocycles. The monoisotopic (exact) mass is 302 g/mol. The van der Waals surface area contributed by atoms with E-state index in [1.54, 1.807) is 4.90 Å². The molecule has 2 rings (SSSR count). The molecule has 0 radical (unpaired) electrons. The summed E-state index contributed by atoms with van der Waals surface area (Å²) >= 11 is 5.82. The Morgan fingerprint density at radius 3 is 2.90 bits per heavy atom. The van der Waals surface area contributed by atoms with Crippen LogP contribution < -0.4 is 21.7 Å². The Labute approximate surface area is 120 Å². The van der Waals surface area contributed by atoms with Crippen molar-refractivity contribution in [2.75, 3.05) is 43.2 Å². The van der Waals surface area contributed by atoms with Crippen LogP contribution in [0.4, 0.5) is 21.5 Å². The van der Waals surface area contributed by atoms with Crippen LogP contribution in [-0.2, 0) is 9.53 Å². The normalized spacial score (nSPS) is 18.9. The third-order valence-electron chi connectivity index (χ3n) is 3.20. The van der Waals surface area contributed by atoms with E-state index in [4.69, 9.17) is 27.8 Å². The van der Waals surface area contributed by atoms with Crippen molar-refractivity contribution in [3.63, 3.8) is 0 Å². The van der Waals surface area contributed by atoms with E-state index in [0.29, 0.717) is 13.2 Å². The van der Waals surface area contributed by atoms with Crippen molar-refractivity contribution in [2.24, 2.45) is 0 Å². The largest absolute Gasteiger partial charge is 0.397 e. The minimum absolute atomic E-state index is 0.0650. The molecule has 20 heavy (non-hydrogen) atoms. The molecule has 1 aromatic carbocycles. The fourth-order valence-corrected chi connectivity index (χ4v) is 2.35. The van der Waals surface area contributed by atoms with Crippen LogP contribution in [0.5, 0.6) is 0 Å². The molecule has 5 N–H and O–H groups in total. The summed E-state index contributed by atoms with van der Waals surface area (Å²) in [6.45, 7) is 0.856. The highest BCUT2D eigenvalue weighted by Gasteiger charge is 2.32. The SMILES string of the molecule is CNC(=O)C1COCCN1c1c(N)cc(N)c(Cl)c1F. The van der Waals surface area contributed by atoms with Crippen LogP contribution in [-0.4, -0.2) is 38.8 Å². The molecule has 1 unspecified atom stereocenters. The van der Waals surface area contributed by atoms with E-state index in [2.05, 4.69) is 5.32 Å². The number of hydrogen-bond acceptors (Lipinski definition) is 5. The molecule has 0 aliphatic carbocycles. The summed E-state index contributed by atoms with van der Waals surface area (Å²) in [5.74, 6) is -1.00. The van der Waals surface area contributed by atoms with E-state index in [9.17, 15) is 9.18 Å². The smallest absolute Gasteiger partial charge is 0.244 e. The van der Waals surface area contributed by atoms with Gasteiger partial charge in [-0.25, -0.2) is 4.39 Å². The number of nitrogens with one attached hydrogen (secondary N) is 1. The van der Waals surface area contributed by atoms with Crippen LogP contribution >= 0.6 is 11.6 Å². The van der Waals surface area contributed by atoms with Crippen LogP contribution in [0.1, 0.15) is 0 Å². The molecular formula is C12H16ClFN4O2. The number of nitrogen functional groups attached to an aromatic ring is 2. The molecule has 1 atom stereocenters. The number of hydrogen-bond donors (Lipinski definition) is 3. The van der Waals surface area contributed by atoms with Gasteiger partial charge in [-0.3, -0.25) is 4.79 Å². The van der Waals surface area contributed by atoms with Crippen LogP contribution in [0, 0.1) is 5.82 Å². The van der Waals surface area contributed by atoms with Gasteiger partial charge in [0.1, 0.15) is 11.1 Å². The molecular weight excluding hydrogens is 287 g/mol. The highest BCUT2D eigenvalue weighted by Crippen LogP contribution is 2.37. The molecule has 1 aliphatic rings. The highest BCUT2D eigenvalue weighted by atomic mass is 35.5. The van der Waals surface area contributed by atoms with E-state index in [-0.39, 0.29) is 34.6 Å². The second kappa shape index (κ2) is 5.72. The number of nitrogens with two attached hydrogens (primary N) is 2. The Balaban J connectivity index is 2.48. The molecule has 1 amide bonds. The number of likely N-dealkylation sites (N-methyl/N-ethyl adjacent to an activating group) is 1. The molecule has 110 valence electrons. The number of rotatable bonds is 2. The van der Waals surface area contributed by atoms with Gasteiger partial charge in [0.25, 0.3) is 0 Å². The maximum Gasteiger partial charge on any atom is 0.244 e. The topological polar surface area (TPSA) is 93.6 Å². The van der Waals surface area contributed by atoms with Crippen LogP contribution in [0.3, 0.4) is 0 Å². The Kier molecular flexibility index (Phi) is 4.20. The molecule has 1 aromatic rings. The summed E-state index contributed by atoms with van der Waals surface area (Å²) in [5.41, 5.74) is 11.7. The first kappa shape index (κ1) is 14.7. The van der Waals surface area contributed by atoms with Crippen LogP contribution in [0.25, 0.3) is 0 Å². The van der Waals surface area contributed by atoms with Crippen molar-refractivity contribution in [3.05, 3.63) is 16.9 Å². The molecule has 0 spiro atoms. The maximum absolute atomic E-state index is 14.3. The predicted octanol–water partition coefficient (Wildman–Crippen LogP) is 0.595. The summed E-state index contributed by atoms with van der Waals surface area (Å²) < 4.78 is 19.6. The standard InChI is InChI=1S/C12H16ClFN4O2/c1-17-12(19)8-5-20-3-2-18(8)11-7(16)4-6(15)9(13)10(11)14/h4,8H,2-3,5,15-16H2,1H3,(H,17,19). The minimum atomic E-state index is -0.722. The van der Waals surface area contributed by atoms with Crippen LogP contribution in [0.2, 0.25) is 5.02 Å². The van der Waals surface area contributed by atoms with E-state index >= 15 is 0 Å². The van der Waals surface area contributed by atoms with Gasteiger partial charge < -0.3 is 26.4 Å². The lowest BCUT2D eigenvalue weighted by Gasteiger charge is -2.37. The maximum atomic E-state index is 14.3. The molecule has 6 nitrogen and oxygen atoms in total. The summed E-state index contributed by atoms with van der Waals surface area (Å²) in [6.07, 6.45) is 0. The van der Waals surface area contributed by atoms with Gasteiger partial charge in [-0.2, -0.15) is 0 Å². The first-order chi connectivity index (χ1) is 9.47. The third kappa shape index (κ3) is 2.46. The summed E-state index contributed by atoms with van der Waals surface area (Å²) in [6, 6.07) is 0.724. The first-order valence-electron chi connectivity index (χ1n) is 6.06. The second-order valence-corrected chi connectivity index (χ2v) is 4.81. The highest BCUT2D eigenvalue weighted by molar-refractivity contribution is 6.33. The number of carbonyl (C=O) groups excluding carboxylic acids is 1. The molecule has 8 heteroatoms. The van der Waals surface area contributed by atoms with Gasteiger partial charge in [0.05, 0.1) is 30.3 Å². The van der Waals surface area contributed by atoms with Crippen molar-refractivity contribution < 1.29 is 13.9 Å². The zero-order valence-electron chi connectivity index (χ0n) is 11.0. The number of benzene rings is 1. The van der Waals surface area contributed by atoms with E-state index < -0.39 is 11.9 Å². The first-order valence-corrected chi connectivity index (χ1v) is 6.44. The Hall–Kier alpha value is -1.73. The van der Waals surface area contributed by atoms with E-state index in [1.807, 2.05) is 0 Å². The van der Waals surface area contributed by atoms with Crippen molar-refractivity contribution in [1.29, 1.82) is 0 Å². The number of morpholine rings is 1. The lowest BCUT2D eigenvalue weighted by atomic mass is 10.1. The third-order valence-corrected chi connectivity index (χ3v) is 3.59. The molecule has 0 bridgehead atoms. The number of ether oxygens (including phenoxy) is 1. The number of halogens is 2. The van der Waals surface area contributed by atoms with Crippen molar-refractivity contribution in [1.82, 2.24) is 5.32 Å². The quantitative estimate of drug-likeness (QED) is 0.695. The molecule has 1 aliphatic heterocycles. The number of anilines is 3. The minimum Gasteiger partial charge on any atom is -0.397 e. The lowest BCUT2D eigenvalue weighted by molar-refractivity contribution is -0.124. The van der Waals surface area contributed by atoms with Crippen molar-refractivity contribution in [3.8, 4) is 0 Å². The van der Waals surface area contributed by atoms with Gasteiger partial charge in [0.2, 0.25) is 5.91 Å². The number of nitrogens with zero attached hydrogens (tertiary/aromatic N) is 1. The Bertz CT molecular complexity index is 541. The summed E-state index contributed by atoms with van der Waals surface area (Å²) in [4.78, 5) is 13.4.